The lowest BCUT2D eigenvalue weighted by atomic mass is 9.92. The van der Waals surface area contributed by atoms with Gasteiger partial charge in [-0.05, 0) is 18.9 Å². The van der Waals surface area contributed by atoms with E-state index in [0.29, 0.717) is 18.9 Å². The van der Waals surface area contributed by atoms with Gasteiger partial charge in [-0.25, -0.2) is 9.97 Å². The normalized spacial score (nSPS) is 12.2. The number of rotatable bonds is 8. The molecule has 0 saturated carbocycles. The van der Waals surface area contributed by atoms with Crippen LogP contribution >= 0.6 is 0 Å². The van der Waals surface area contributed by atoms with Crippen LogP contribution in [0.3, 0.4) is 0 Å². The Labute approximate surface area is 120 Å². The third kappa shape index (κ3) is 3.55. The molecule has 0 bridgehead atoms. The number of hydrogen-bond acceptors (Lipinski definition) is 4. The van der Waals surface area contributed by atoms with Gasteiger partial charge in [-0.2, -0.15) is 0 Å². The van der Waals surface area contributed by atoms with E-state index in [1.807, 2.05) is 22.9 Å². The summed E-state index contributed by atoms with van der Waals surface area (Å²) >= 11 is 0. The third-order valence-corrected chi connectivity index (χ3v) is 3.56. The van der Waals surface area contributed by atoms with E-state index in [1.54, 1.807) is 6.20 Å². The van der Waals surface area contributed by atoms with Gasteiger partial charge < -0.3 is 10.4 Å². The van der Waals surface area contributed by atoms with Crippen molar-refractivity contribution in [2.45, 2.75) is 51.7 Å². The molecule has 2 heterocycles. The maximum atomic E-state index is 10.6. The van der Waals surface area contributed by atoms with Crippen molar-refractivity contribution < 1.29 is 5.11 Å². The van der Waals surface area contributed by atoms with Gasteiger partial charge >= 0.3 is 0 Å². The van der Waals surface area contributed by atoms with E-state index in [9.17, 15) is 5.11 Å². The number of aromatic nitrogens is 3. The van der Waals surface area contributed by atoms with Crippen molar-refractivity contribution >= 4 is 5.78 Å². The summed E-state index contributed by atoms with van der Waals surface area (Å²) in [4.78, 5) is 8.45. The molecule has 5 heteroatoms. The zero-order valence-corrected chi connectivity index (χ0v) is 12.3. The lowest BCUT2D eigenvalue weighted by Crippen LogP contribution is -2.40. The lowest BCUT2D eigenvalue weighted by molar-refractivity contribution is 0.0214. The van der Waals surface area contributed by atoms with E-state index < -0.39 is 5.60 Å². The first-order valence-electron chi connectivity index (χ1n) is 7.38. The topological polar surface area (TPSA) is 62.5 Å². The van der Waals surface area contributed by atoms with Gasteiger partial charge in [0, 0.05) is 25.5 Å². The molecule has 2 N–H and O–H groups in total. The summed E-state index contributed by atoms with van der Waals surface area (Å²) in [7, 11) is 0. The van der Waals surface area contributed by atoms with Crippen molar-refractivity contribution in [3.05, 3.63) is 30.4 Å². The van der Waals surface area contributed by atoms with Crippen molar-refractivity contribution in [1.29, 1.82) is 0 Å². The van der Waals surface area contributed by atoms with E-state index in [2.05, 4.69) is 29.1 Å². The lowest BCUT2D eigenvalue weighted by Gasteiger charge is -2.27. The van der Waals surface area contributed by atoms with E-state index in [4.69, 9.17) is 0 Å². The van der Waals surface area contributed by atoms with Crippen molar-refractivity contribution in [3.63, 3.8) is 0 Å². The number of aliphatic hydroxyl groups is 1. The molecule has 0 amide bonds. The van der Waals surface area contributed by atoms with Crippen molar-refractivity contribution in [3.8, 4) is 0 Å². The summed E-state index contributed by atoms with van der Waals surface area (Å²) in [6, 6.07) is 1.89. The molecule has 0 aromatic carbocycles. The highest BCUT2D eigenvalue weighted by atomic mass is 16.3. The molecular formula is C15H24N4O. The fourth-order valence-corrected chi connectivity index (χ4v) is 2.66. The second kappa shape index (κ2) is 6.81. The SMILES string of the molecule is CCCC(O)(CCC)CNCc1cnc2ncccn12. The standard InChI is InChI=1S/C15H24N4O/c1-3-6-15(20,7-4-2)12-16-10-13-11-18-14-17-8-5-9-19(13)14/h5,8-9,11,16,20H,3-4,6-7,10,12H2,1-2H3. The Bertz CT molecular complexity index is 531. The minimum atomic E-state index is -0.595. The van der Waals surface area contributed by atoms with Crippen molar-refractivity contribution in [2.24, 2.45) is 0 Å². The highest BCUT2D eigenvalue weighted by molar-refractivity contribution is 5.30. The summed E-state index contributed by atoms with van der Waals surface area (Å²) < 4.78 is 1.96. The molecule has 2 aromatic heterocycles. The van der Waals surface area contributed by atoms with Gasteiger partial charge in [0.05, 0.1) is 17.5 Å². The van der Waals surface area contributed by atoms with Crippen LogP contribution in [0.1, 0.15) is 45.2 Å². The summed E-state index contributed by atoms with van der Waals surface area (Å²) in [5, 5.41) is 13.9. The van der Waals surface area contributed by atoms with Crippen LogP contribution in [0.2, 0.25) is 0 Å². The number of hydrogen-bond donors (Lipinski definition) is 2. The zero-order valence-electron chi connectivity index (χ0n) is 12.3. The van der Waals surface area contributed by atoms with Gasteiger partial charge in [0.25, 0.3) is 0 Å². The molecular weight excluding hydrogens is 252 g/mol. The van der Waals surface area contributed by atoms with Gasteiger partial charge in [0.2, 0.25) is 5.78 Å². The molecule has 0 atom stereocenters. The largest absolute Gasteiger partial charge is 0.389 e. The highest BCUT2D eigenvalue weighted by Crippen LogP contribution is 2.18. The Kier molecular flexibility index (Phi) is 5.09. The summed E-state index contributed by atoms with van der Waals surface area (Å²) in [6.07, 6.45) is 9.19. The number of nitrogens with zero attached hydrogens (tertiary/aromatic N) is 3. The molecule has 110 valence electrons. The van der Waals surface area contributed by atoms with Crippen LogP contribution in [-0.4, -0.2) is 31.6 Å². The predicted octanol–water partition coefficient (Wildman–Crippen LogP) is 2.15. The van der Waals surface area contributed by atoms with Gasteiger partial charge in [0.1, 0.15) is 0 Å². The van der Waals surface area contributed by atoms with Crippen LogP contribution in [0.15, 0.2) is 24.7 Å². The van der Waals surface area contributed by atoms with E-state index in [0.717, 1.165) is 31.4 Å². The van der Waals surface area contributed by atoms with Crippen LogP contribution in [0.5, 0.6) is 0 Å². The second-order valence-corrected chi connectivity index (χ2v) is 5.37. The number of fused-ring (bicyclic) bond motifs is 1. The molecule has 0 spiro atoms. The average molecular weight is 276 g/mol. The molecule has 0 unspecified atom stereocenters. The summed E-state index contributed by atoms with van der Waals surface area (Å²) in [6.45, 7) is 5.51. The molecule has 0 aliphatic rings. The maximum Gasteiger partial charge on any atom is 0.233 e. The average Bonchev–Trinajstić information content (AvgIpc) is 2.83. The molecule has 5 nitrogen and oxygen atoms in total. The molecule has 20 heavy (non-hydrogen) atoms. The Morgan fingerprint density at radius 3 is 2.70 bits per heavy atom. The van der Waals surface area contributed by atoms with Crippen LogP contribution in [0.4, 0.5) is 0 Å². The second-order valence-electron chi connectivity index (χ2n) is 5.37. The molecule has 0 saturated heterocycles. The summed E-state index contributed by atoms with van der Waals surface area (Å²) in [5.74, 6) is 0.710. The van der Waals surface area contributed by atoms with E-state index in [-0.39, 0.29) is 0 Å². The fraction of sp³-hybridized carbons (Fsp3) is 0.600. The molecule has 0 aliphatic heterocycles. The first kappa shape index (κ1) is 14.9. The first-order chi connectivity index (χ1) is 9.68. The Hall–Kier alpha value is -1.46. The first-order valence-corrected chi connectivity index (χ1v) is 7.38. The minimum absolute atomic E-state index is 0.595. The fourth-order valence-electron chi connectivity index (χ4n) is 2.66. The van der Waals surface area contributed by atoms with Crippen LogP contribution < -0.4 is 5.32 Å². The monoisotopic (exact) mass is 276 g/mol. The zero-order chi connectivity index (χ0) is 14.4. The Morgan fingerprint density at radius 2 is 2.00 bits per heavy atom. The van der Waals surface area contributed by atoms with Crippen molar-refractivity contribution in [2.75, 3.05) is 6.54 Å². The van der Waals surface area contributed by atoms with Crippen LogP contribution in [-0.2, 0) is 6.54 Å². The minimum Gasteiger partial charge on any atom is -0.389 e. The van der Waals surface area contributed by atoms with E-state index in [1.165, 1.54) is 0 Å². The highest BCUT2D eigenvalue weighted by Gasteiger charge is 2.24. The van der Waals surface area contributed by atoms with Gasteiger partial charge in [0.15, 0.2) is 0 Å². The smallest absolute Gasteiger partial charge is 0.233 e. The van der Waals surface area contributed by atoms with Crippen LogP contribution in [0, 0.1) is 0 Å². The van der Waals surface area contributed by atoms with Crippen molar-refractivity contribution in [1.82, 2.24) is 19.7 Å². The number of imidazole rings is 1. The maximum absolute atomic E-state index is 10.6. The Balaban J connectivity index is 1.94. The van der Waals surface area contributed by atoms with Gasteiger partial charge in [-0.1, -0.05) is 26.7 Å². The predicted molar refractivity (Wildman–Crippen MR) is 79.5 cm³/mol. The third-order valence-electron chi connectivity index (χ3n) is 3.56. The number of nitrogens with one attached hydrogen (secondary N) is 1. The van der Waals surface area contributed by atoms with Gasteiger partial charge in [-0.3, -0.25) is 4.40 Å². The van der Waals surface area contributed by atoms with Gasteiger partial charge in [-0.15, -0.1) is 0 Å². The molecule has 2 aromatic rings. The molecule has 0 radical (unpaired) electrons. The quantitative estimate of drug-likeness (QED) is 0.775. The summed E-state index contributed by atoms with van der Waals surface area (Å²) in [5.41, 5.74) is 0.464. The van der Waals surface area contributed by atoms with Crippen LogP contribution in [0.25, 0.3) is 5.78 Å². The molecule has 2 rings (SSSR count). The van der Waals surface area contributed by atoms with E-state index >= 15 is 0 Å². The molecule has 0 aliphatic carbocycles. The molecule has 0 fully saturated rings. The Morgan fingerprint density at radius 1 is 1.25 bits per heavy atom.